The van der Waals surface area contributed by atoms with E-state index in [0.717, 1.165) is 12.8 Å². The lowest BCUT2D eigenvalue weighted by Crippen LogP contribution is -2.01. The van der Waals surface area contributed by atoms with Crippen molar-refractivity contribution in [2.24, 2.45) is 0 Å². The Bertz CT molecular complexity index is 387. The van der Waals surface area contributed by atoms with Gasteiger partial charge in [0, 0.05) is 0 Å². The zero-order valence-electron chi connectivity index (χ0n) is 8.39. The van der Waals surface area contributed by atoms with E-state index < -0.39 is 5.82 Å². The summed E-state index contributed by atoms with van der Waals surface area (Å²) in [5.74, 6) is 0.0896. The number of halogens is 2. The fraction of sp³-hybridized carbons (Fsp3) is 0.364. The van der Waals surface area contributed by atoms with Crippen LogP contribution in [0.5, 0.6) is 5.75 Å². The predicted molar refractivity (Wildman–Crippen MR) is 64.2 cm³/mol. The molecule has 0 atom stereocenters. The van der Waals surface area contributed by atoms with Gasteiger partial charge in [-0.05, 0) is 41.1 Å². The third-order valence-corrected chi connectivity index (χ3v) is 2.67. The number of ether oxygens (including phenoxy) is 1. The molecule has 0 heterocycles. The molecule has 0 unspecified atom stereocenters. The molecule has 1 rings (SSSR count). The first-order chi connectivity index (χ1) is 7.19. The normalized spacial score (nSPS) is 9.73. The quantitative estimate of drug-likeness (QED) is 0.629. The third kappa shape index (κ3) is 3.34. The van der Waals surface area contributed by atoms with E-state index >= 15 is 0 Å². The van der Waals surface area contributed by atoms with Crippen LogP contribution in [0.25, 0.3) is 0 Å². The van der Waals surface area contributed by atoms with E-state index in [9.17, 15) is 4.39 Å². The summed E-state index contributed by atoms with van der Waals surface area (Å²) in [6.07, 6.45) is 1.96. The Morgan fingerprint density at radius 1 is 1.53 bits per heavy atom. The second kappa shape index (κ2) is 5.91. The molecule has 0 spiro atoms. The second-order valence-electron chi connectivity index (χ2n) is 3.08. The molecule has 1 aromatic rings. The van der Waals surface area contributed by atoms with Crippen molar-refractivity contribution in [1.82, 2.24) is 0 Å². The van der Waals surface area contributed by atoms with Crippen molar-refractivity contribution in [1.29, 1.82) is 5.26 Å². The SMILES string of the molecule is CCCCOc1c(I)cc(F)cc1C#N. The number of nitrogens with zero attached hydrogens (tertiary/aromatic N) is 1. The number of nitriles is 1. The van der Waals surface area contributed by atoms with Gasteiger partial charge in [-0.3, -0.25) is 0 Å². The minimum absolute atomic E-state index is 0.260. The lowest BCUT2D eigenvalue weighted by atomic mass is 10.2. The van der Waals surface area contributed by atoms with Crippen LogP contribution < -0.4 is 4.74 Å². The van der Waals surface area contributed by atoms with Gasteiger partial charge in [0.25, 0.3) is 0 Å². The summed E-state index contributed by atoms with van der Waals surface area (Å²) in [5.41, 5.74) is 0.260. The number of hydrogen-bond donors (Lipinski definition) is 0. The van der Waals surface area contributed by atoms with E-state index in [1.165, 1.54) is 12.1 Å². The molecule has 0 N–H and O–H groups in total. The Hall–Kier alpha value is -0.830. The van der Waals surface area contributed by atoms with Crippen LogP contribution in [-0.2, 0) is 0 Å². The molecule has 2 nitrogen and oxygen atoms in total. The van der Waals surface area contributed by atoms with Crippen LogP contribution >= 0.6 is 22.6 Å². The molecule has 0 aliphatic heterocycles. The molecule has 0 amide bonds. The van der Waals surface area contributed by atoms with E-state index in [0.29, 0.717) is 15.9 Å². The highest BCUT2D eigenvalue weighted by atomic mass is 127. The van der Waals surface area contributed by atoms with Gasteiger partial charge in [-0.25, -0.2) is 4.39 Å². The van der Waals surface area contributed by atoms with Crippen LogP contribution in [0.3, 0.4) is 0 Å². The summed E-state index contributed by atoms with van der Waals surface area (Å²) in [7, 11) is 0. The Labute approximate surface area is 102 Å². The fourth-order valence-corrected chi connectivity index (χ4v) is 1.85. The van der Waals surface area contributed by atoms with Gasteiger partial charge in [0.05, 0.1) is 15.7 Å². The Kier molecular flexibility index (Phi) is 4.82. The number of benzene rings is 1. The van der Waals surface area contributed by atoms with Crippen LogP contribution in [-0.4, -0.2) is 6.61 Å². The average Bonchev–Trinajstić information content (AvgIpc) is 2.20. The van der Waals surface area contributed by atoms with Crippen molar-refractivity contribution in [3.63, 3.8) is 0 Å². The maximum absolute atomic E-state index is 13.0. The van der Waals surface area contributed by atoms with E-state index in [4.69, 9.17) is 10.00 Å². The number of unbranched alkanes of at least 4 members (excludes halogenated alkanes) is 1. The first-order valence-corrected chi connectivity index (χ1v) is 5.78. The molecule has 80 valence electrons. The summed E-state index contributed by atoms with van der Waals surface area (Å²) in [5, 5.41) is 8.82. The molecule has 0 saturated carbocycles. The van der Waals surface area contributed by atoms with Crippen molar-refractivity contribution in [2.75, 3.05) is 6.61 Å². The first-order valence-electron chi connectivity index (χ1n) is 4.71. The fourth-order valence-electron chi connectivity index (χ4n) is 1.11. The summed E-state index contributed by atoms with van der Waals surface area (Å²) < 4.78 is 19.1. The molecule has 15 heavy (non-hydrogen) atoms. The van der Waals surface area contributed by atoms with Gasteiger partial charge in [-0.15, -0.1) is 0 Å². The maximum atomic E-state index is 13.0. The molecule has 0 fully saturated rings. The minimum atomic E-state index is -0.404. The smallest absolute Gasteiger partial charge is 0.150 e. The van der Waals surface area contributed by atoms with Gasteiger partial charge in [0.2, 0.25) is 0 Å². The molecular formula is C11H11FINO. The highest BCUT2D eigenvalue weighted by molar-refractivity contribution is 14.1. The van der Waals surface area contributed by atoms with Gasteiger partial charge in [0.15, 0.2) is 5.75 Å². The topological polar surface area (TPSA) is 33.0 Å². The summed E-state index contributed by atoms with van der Waals surface area (Å²) in [6.45, 7) is 2.62. The monoisotopic (exact) mass is 319 g/mol. The van der Waals surface area contributed by atoms with Crippen LogP contribution in [0, 0.1) is 20.7 Å². The zero-order chi connectivity index (χ0) is 11.3. The van der Waals surface area contributed by atoms with Gasteiger partial charge >= 0.3 is 0 Å². The molecule has 0 radical (unpaired) electrons. The van der Waals surface area contributed by atoms with Gasteiger partial charge < -0.3 is 4.74 Å². The van der Waals surface area contributed by atoms with E-state index in [1.807, 2.05) is 28.7 Å². The highest BCUT2D eigenvalue weighted by Crippen LogP contribution is 2.26. The number of hydrogen-bond acceptors (Lipinski definition) is 2. The van der Waals surface area contributed by atoms with Crippen molar-refractivity contribution in [3.8, 4) is 11.8 Å². The molecule has 1 aromatic carbocycles. The summed E-state index contributed by atoms with van der Waals surface area (Å²) >= 11 is 1.97. The molecule has 0 saturated heterocycles. The summed E-state index contributed by atoms with van der Waals surface area (Å²) in [6, 6.07) is 4.50. The Morgan fingerprint density at radius 3 is 2.87 bits per heavy atom. The lowest BCUT2D eigenvalue weighted by molar-refractivity contribution is 0.306. The molecule has 4 heteroatoms. The van der Waals surface area contributed by atoms with E-state index in [-0.39, 0.29) is 5.56 Å². The van der Waals surface area contributed by atoms with Crippen molar-refractivity contribution in [2.45, 2.75) is 19.8 Å². The van der Waals surface area contributed by atoms with Crippen LogP contribution in [0.2, 0.25) is 0 Å². The van der Waals surface area contributed by atoms with E-state index in [2.05, 4.69) is 6.92 Å². The predicted octanol–water partition coefficient (Wildman–Crippen LogP) is 3.48. The van der Waals surface area contributed by atoms with Gasteiger partial charge in [-0.1, -0.05) is 13.3 Å². The molecule has 0 bridgehead atoms. The standard InChI is InChI=1S/C11H11FINO/c1-2-3-4-15-11-8(7-14)5-9(12)6-10(11)13/h5-6H,2-4H2,1H3. The van der Waals surface area contributed by atoms with Crippen LogP contribution in [0.4, 0.5) is 4.39 Å². The highest BCUT2D eigenvalue weighted by Gasteiger charge is 2.10. The number of rotatable bonds is 4. The van der Waals surface area contributed by atoms with Crippen LogP contribution in [0.15, 0.2) is 12.1 Å². The Morgan fingerprint density at radius 2 is 2.27 bits per heavy atom. The van der Waals surface area contributed by atoms with E-state index in [1.54, 1.807) is 0 Å². The Balaban J connectivity index is 2.90. The molecule has 0 aromatic heterocycles. The third-order valence-electron chi connectivity index (χ3n) is 1.87. The average molecular weight is 319 g/mol. The van der Waals surface area contributed by atoms with Crippen LogP contribution in [0.1, 0.15) is 25.3 Å². The van der Waals surface area contributed by atoms with Crippen molar-refractivity contribution >= 4 is 22.6 Å². The first kappa shape index (κ1) is 12.2. The largest absolute Gasteiger partial charge is 0.491 e. The zero-order valence-corrected chi connectivity index (χ0v) is 10.5. The minimum Gasteiger partial charge on any atom is -0.491 e. The van der Waals surface area contributed by atoms with Gasteiger partial charge in [0.1, 0.15) is 11.9 Å². The maximum Gasteiger partial charge on any atom is 0.150 e. The molecular weight excluding hydrogens is 308 g/mol. The van der Waals surface area contributed by atoms with Crippen molar-refractivity contribution in [3.05, 3.63) is 27.1 Å². The summed E-state index contributed by atoms with van der Waals surface area (Å²) in [4.78, 5) is 0. The van der Waals surface area contributed by atoms with Crippen molar-refractivity contribution < 1.29 is 9.13 Å². The van der Waals surface area contributed by atoms with Gasteiger partial charge in [-0.2, -0.15) is 5.26 Å². The molecule has 0 aliphatic rings. The lowest BCUT2D eigenvalue weighted by Gasteiger charge is -2.09. The molecule has 0 aliphatic carbocycles. The second-order valence-corrected chi connectivity index (χ2v) is 4.24.